The van der Waals surface area contributed by atoms with Crippen molar-refractivity contribution in [1.29, 1.82) is 0 Å². The number of benzene rings is 1. The van der Waals surface area contributed by atoms with Crippen molar-refractivity contribution in [2.45, 2.75) is 29.9 Å². The first-order chi connectivity index (χ1) is 9.22. The minimum Gasteiger partial charge on any atom is -0.383 e. The molecular formula is C14H14ClN3S. The zero-order valence-electron chi connectivity index (χ0n) is 10.4. The molecule has 0 amide bonds. The summed E-state index contributed by atoms with van der Waals surface area (Å²) < 4.78 is 0. The van der Waals surface area contributed by atoms with Crippen LogP contribution in [-0.4, -0.2) is 9.97 Å². The summed E-state index contributed by atoms with van der Waals surface area (Å²) in [6.45, 7) is 0. The Kier molecular flexibility index (Phi) is 3.62. The summed E-state index contributed by atoms with van der Waals surface area (Å²) in [6, 6.07) is 7.80. The van der Waals surface area contributed by atoms with Crippen molar-refractivity contribution in [2.24, 2.45) is 0 Å². The van der Waals surface area contributed by atoms with Gasteiger partial charge in [-0.05, 0) is 37.5 Å². The molecule has 19 heavy (non-hydrogen) atoms. The molecule has 5 heteroatoms. The Labute approximate surface area is 121 Å². The van der Waals surface area contributed by atoms with Crippen LogP contribution >= 0.6 is 23.4 Å². The van der Waals surface area contributed by atoms with Gasteiger partial charge < -0.3 is 5.73 Å². The van der Waals surface area contributed by atoms with Crippen molar-refractivity contribution in [2.75, 3.05) is 5.73 Å². The van der Waals surface area contributed by atoms with Crippen LogP contribution in [0.4, 0.5) is 5.82 Å². The van der Waals surface area contributed by atoms with E-state index in [4.69, 9.17) is 17.3 Å². The molecule has 0 aliphatic heterocycles. The maximum Gasteiger partial charge on any atom is 0.141 e. The van der Waals surface area contributed by atoms with E-state index in [-0.39, 0.29) is 0 Å². The van der Waals surface area contributed by atoms with Gasteiger partial charge in [-0.25, -0.2) is 9.97 Å². The number of hydrogen-bond acceptors (Lipinski definition) is 4. The number of aryl methyl sites for hydroxylation is 1. The zero-order valence-corrected chi connectivity index (χ0v) is 12.0. The van der Waals surface area contributed by atoms with Crippen LogP contribution in [0, 0.1) is 0 Å². The van der Waals surface area contributed by atoms with Crippen LogP contribution in [0.25, 0.3) is 0 Å². The summed E-state index contributed by atoms with van der Waals surface area (Å²) in [6.07, 6.45) is 3.18. The summed E-state index contributed by atoms with van der Waals surface area (Å²) in [5.74, 6) is 2.19. The number of nitrogen functional groups attached to an aromatic ring is 1. The summed E-state index contributed by atoms with van der Waals surface area (Å²) in [4.78, 5) is 10.1. The molecule has 0 unspecified atom stereocenters. The fourth-order valence-corrected chi connectivity index (χ4v) is 3.35. The molecule has 0 fully saturated rings. The number of nitrogens with zero attached hydrogens (tertiary/aromatic N) is 2. The molecule has 0 radical (unpaired) electrons. The van der Waals surface area contributed by atoms with Gasteiger partial charge >= 0.3 is 0 Å². The predicted octanol–water partition coefficient (Wildman–Crippen LogP) is 3.49. The topological polar surface area (TPSA) is 51.8 Å². The number of thioether (sulfide) groups is 1. The molecule has 1 aromatic heterocycles. The summed E-state index contributed by atoms with van der Waals surface area (Å²) in [7, 11) is 0. The predicted molar refractivity (Wildman–Crippen MR) is 79.5 cm³/mol. The summed E-state index contributed by atoms with van der Waals surface area (Å²) >= 11 is 7.64. The Bertz CT molecular complexity index is 616. The first-order valence-electron chi connectivity index (χ1n) is 6.25. The molecule has 1 aliphatic rings. The van der Waals surface area contributed by atoms with E-state index in [2.05, 4.69) is 9.97 Å². The van der Waals surface area contributed by atoms with Crippen molar-refractivity contribution in [3.63, 3.8) is 0 Å². The van der Waals surface area contributed by atoms with E-state index in [9.17, 15) is 0 Å². The van der Waals surface area contributed by atoms with Gasteiger partial charge in [0.25, 0.3) is 0 Å². The van der Waals surface area contributed by atoms with Crippen molar-refractivity contribution >= 4 is 29.2 Å². The average Bonchev–Trinajstić information content (AvgIpc) is 2.85. The normalized spacial score (nSPS) is 13.5. The van der Waals surface area contributed by atoms with E-state index in [1.165, 1.54) is 0 Å². The molecule has 1 heterocycles. The van der Waals surface area contributed by atoms with Gasteiger partial charge in [0.2, 0.25) is 0 Å². The lowest BCUT2D eigenvalue weighted by atomic mass is 10.2. The first-order valence-corrected chi connectivity index (χ1v) is 7.61. The molecule has 3 nitrogen and oxygen atoms in total. The lowest BCUT2D eigenvalue weighted by Crippen LogP contribution is -2.04. The van der Waals surface area contributed by atoms with Crippen LogP contribution in [-0.2, 0) is 18.6 Å². The third kappa shape index (κ3) is 2.85. The largest absolute Gasteiger partial charge is 0.383 e. The van der Waals surface area contributed by atoms with E-state index in [0.717, 1.165) is 52.0 Å². The molecule has 1 aromatic carbocycles. The van der Waals surface area contributed by atoms with Crippen LogP contribution in [0.5, 0.6) is 0 Å². The van der Waals surface area contributed by atoms with Gasteiger partial charge in [-0.15, -0.1) is 11.8 Å². The number of fused-ring (bicyclic) bond motifs is 1. The fourth-order valence-electron chi connectivity index (χ4n) is 2.28. The van der Waals surface area contributed by atoms with Crippen LogP contribution in [0.2, 0.25) is 5.02 Å². The van der Waals surface area contributed by atoms with Gasteiger partial charge in [0.15, 0.2) is 0 Å². The van der Waals surface area contributed by atoms with Gasteiger partial charge in [-0.3, -0.25) is 0 Å². The van der Waals surface area contributed by atoms with E-state index in [0.29, 0.717) is 5.82 Å². The van der Waals surface area contributed by atoms with Crippen LogP contribution in [0.1, 0.15) is 23.5 Å². The maximum atomic E-state index is 5.98. The Hall–Kier alpha value is -1.26. The molecule has 2 N–H and O–H groups in total. The standard InChI is InChI=1S/C14H14ClN3S/c15-9-3-1-4-10(7-9)19-8-13-17-12-6-2-5-11(12)14(16)18-13/h1,3-4,7H,2,5-6,8H2,(H2,16,17,18). The molecule has 0 saturated heterocycles. The lowest BCUT2D eigenvalue weighted by molar-refractivity contribution is 0.893. The number of rotatable bonds is 3. The van der Waals surface area contributed by atoms with Gasteiger partial charge in [0.05, 0.1) is 5.75 Å². The number of aromatic nitrogens is 2. The van der Waals surface area contributed by atoms with Gasteiger partial charge in [-0.1, -0.05) is 17.7 Å². The third-order valence-electron chi connectivity index (χ3n) is 3.18. The highest BCUT2D eigenvalue weighted by Crippen LogP contribution is 2.27. The van der Waals surface area contributed by atoms with E-state index in [1.807, 2.05) is 24.3 Å². The smallest absolute Gasteiger partial charge is 0.141 e. The third-order valence-corrected chi connectivity index (χ3v) is 4.40. The lowest BCUT2D eigenvalue weighted by Gasteiger charge is -2.06. The Morgan fingerprint density at radius 3 is 3.00 bits per heavy atom. The molecule has 0 saturated carbocycles. The highest BCUT2D eigenvalue weighted by atomic mass is 35.5. The Balaban J connectivity index is 1.76. The van der Waals surface area contributed by atoms with Crippen molar-refractivity contribution in [3.8, 4) is 0 Å². The van der Waals surface area contributed by atoms with Gasteiger partial charge in [0, 0.05) is 21.2 Å². The van der Waals surface area contributed by atoms with Crippen LogP contribution in [0.3, 0.4) is 0 Å². The van der Waals surface area contributed by atoms with Crippen LogP contribution < -0.4 is 5.73 Å². The number of anilines is 1. The molecule has 3 rings (SSSR count). The van der Waals surface area contributed by atoms with Crippen LogP contribution in [0.15, 0.2) is 29.2 Å². The second-order valence-corrected chi connectivity index (χ2v) is 6.04. The number of hydrogen-bond donors (Lipinski definition) is 1. The summed E-state index contributed by atoms with van der Waals surface area (Å²) in [5.41, 5.74) is 8.27. The minimum absolute atomic E-state index is 0.657. The maximum absolute atomic E-state index is 5.98. The second-order valence-electron chi connectivity index (χ2n) is 4.55. The number of nitrogens with two attached hydrogens (primary N) is 1. The molecule has 2 aromatic rings. The van der Waals surface area contributed by atoms with Crippen molar-refractivity contribution in [1.82, 2.24) is 9.97 Å². The minimum atomic E-state index is 0.657. The first kappa shape index (κ1) is 12.8. The van der Waals surface area contributed by atoms with Gasteiger partial charge in [0.1, 0.15) is 11.6 Å². The quantitative estimate of drug-likeness (QED) is 0.880. The van der Waals surface area contributed by atoms with Gasteiger partial charge in [-0.2, -0.15) is 0 Å². The SMILES string of the molecule is Nc1nc(CSc2cccc(Cl)c2)nc2c1CCC2. The molecule has 0 atom stereocenters. The highest BCUT2D eigenvalue weighted by molar-refractivity contribution is 7.98. The van der Waals surface area contributed by atoms with E-state index >= 15 is 0 Å². The highest BCUT2D eigenvalue weighted by Gasteiger charge is 2.17. The van der Waals surface area contributed by atoms with E-state index < -0.39 is 0 Å². The molecule has 0 bridgehead atoms. The fraction of sp³-hybridized carbons (Fsp3) is 0.286. The Morgan fingerprint density at radius 2 is 2.16 bits per heavy atom. The number of halogens is 1. The molecule has 1 aliphatic carbocycles. The zero-order chi connectivity index (χ0) is 13.2. The molecule has 98 valence electrons. The van der Waals surface area contributed by atoms with Crippen molar-refractivity contribution in [3.05, 3.63) is 46.4 Å². The molecule has 0 spiro atoms. The van der Waals surface area contributed by atoms with Crippen molar-refractivity contribution < 1.29 is 0 Å². The van der Waals surface area contributed by atoms with E-state index in [1.54, 1.807) is 11.8 Å². The summed E-state index contributed by atoms with van der Waals surface area (Å²) in [5, 5.41) is 0.749. The second kappa shape index (κ2) is 5.39. The average molecular weight is 292 g/mol. The Morgan fingerprint density at radius 1 is 1.26 bits per heavy atom. The molecular weight excluding hydrogens is 278 g/mol. The monoisotopic (exact) mass is 291 g/mol.